The minimum Gasteiger partial charge on any atom is -0.388 e. The largest absolute Gasteiger partial charge is 0.389 e. The summed E-state index contributed by atoms with van der Waals surface area (Å²) in [5.41, 5.74) is 1.38. The van der Waals surface area contributed by atoms with Gasteiger partial charge in [0.15, 0.2) is 0 Å². The molecule has 1 aromatic rings. The first-order chi connectivity index (χ1) is 6.90. The van der Waals surface area contributed by atoms with Gasteiger partial charge in [-0.2, -0.15) is 13.2 Å². The summed E-state index contributed by atoms with van der Waals surface area (Å²) < 4.78 is 35.8. The molecule has 0 bridgehead atoms. The molecule has 4 heteroatoms. The maximum absolute atomic E-state index is 11.9. The van der Waals surface area contributed by atoms with Crippen molar-refractivity contribution >= 4 is 0 Å². The smallest absolute Gasteiger partial charge is 0.388 e. The first kappa shape index (κ1) is 12.0. The molecule has 0 aliphatic heterocycles. The molecule has 1 rings (SSSR count). The Balaban J connectivity index is 2.62. The second-order valence-corrected chi connectivity index (χ2v) is 3.53. The Hall–Kier alpha value is -1.03. The van der Waals surface area contributed by atoms with Crippen LogP contribution in [0.4, 0.5) is 13.2 Å². The van der Waals surface area contributed by atoms with E-state index in [9.17, 15) is 18.3 Å². The van der Waals surface area contributed by atoms with E-state index in [0.717, 1.165) is 5.56 Å². The van der Waals surface area contributed by atoms with E-state index >= 15 is 0 Å². The Labute approximate surface area is 86.5 Å². The number of rotatable bonds is 3. The summed E-state index contributed by atoms with van der Waals surface area (Å²) in [6, 6.07) is 6.91. The lowest BCUT2D eigenvalue weighted by molar-refractivity contribution is -0.140. The van der Waals surface area contributed by atoms with E-state index in [2.05, 4.69) is 0 Å². The maximum atomic E-state index is 11.9. The molecule has 0 amide bonds. The second-order valence-electron chi connectivity index (χ2n) is 3.53. The van der Waals surface area contributed by atoms with Gasteiger partial charge in [-0.15, -0.1) is 0 Å². The first-order valence-electron chi connectivity index (χ1n) is 4.70. The van der Waals surface area contributed by atoms with E-state index in [1.54, 1.807) is 31.2 Å². The third kappa shape index (κ3) is 3.91. The average molecular weight is 218 g/mol. The summed E-state index contributed by atoms with van der Waals surface area (Å²) in [6.45, 7) is 1.77. The second kappa shape index (κ2) is 4.66. The lowest BCUT2D eigenvalue weighted by Crippen LogP contribution is -2.10. The summed E-state index contributed by atoms with van der Waals surface area (Å²) in [6.07, 6.45) is -6.48. The minimum atomic E-state index is -4.20. The zero-order chi connectivity index (χ0) is 11.5. The molecule has 0 aliphatic rings. The van der Waals surface area contributed by atoms with Crippen molar-refractivity contribution in [1.82, 2.24) is 0 Å². The topological polar surface area (TPSA) is 20.2 Å². The van der Waals surface area contributed by atoms with Crippen LogP contribution in [-0.2, 0) is 0 Å². The normalized spacial score (nSPS) is 13.9. The molecule has 0 radical (unpaired) electrons. The van der Waals surface area contributed by atoms with Crippen molar-refractivity contribution in [2.45, 2.75) is 32.0 Å². The highest BCUT2D eigenvalue weighted by Crippen LogP contribution is 2.28. The van der Waals surface area contributed by atoms with Gasteiger partial charge in [-0.05, 0) is 24.5 Å². The van der Waals surface area contributed by atoms with Gasteiger partial charge in [0, 0.05) is 6.42 Å². The van der Waals surface area contributed by atoms with E-state index in [0.29, 0.717) is 5.56 Å². The third-order valence-electron chi connectivity index (χ3n) is 2.25. The average Bonchev–Trinajstić information content (AvgIpc) is 2.14. The van der Waals surface area contributed by atoms with Crippen LogP contribution in [0.1, 0.15) is 30.1 Å². The minimum absolute atomic E-state index is 0.283. The lowest BCUT2D eigenvalue weighted by atomic mass is 10.00. The van der Waals surface area contributed by atoms with E-state index < -0.39 is 18.7 Å². The molecular weight excluding hydrogens is 205 g/mol. The van der Waals surface area contributed by atoms with Gasteiger partial charge >= 0.3 is 6.18 Å². The van der Waals surface area contributed by atoms with Crippen molar-refractivity contribution in [3.8, 4) is 0 Å². The molecule has 1 nitrogen and oxygen atoms in total. The van der Waals surface area contributed by atoms with Crippen LogP contribution in [0.15, 0.2) is 24.3 Å². The van der Waals surface area contributed by atoms with Gasteiger partial charge in [0.05, 0.1) is 6.10 Å². The van der Waals surface area contributed by atoms with Crippen LogP contribution in [0.5, 0.6) is 0 Å². The molecule has 15 heavy (non-hydrogen) atoms. The summed E-state index contributed by atoms with van der Waals surface area (Å²) in [5, 5.41) is 9.56. The van der Waals surface area contributed by atoms with Crippen LogP contribution in [-0.4, -0.2) is 11.3 Å². The summed E-state index contributed by atoms with van der Waals surface area (Å²) in [7, 11) is 0. The number of aryl methyl sites for hydroxylation is 1. The molecule has 0 heterocycles. The van der Waals surface area contributed by atoms with E-state index in [1.165, 1.54) is 0 Å². The number of halogens is 3. The molecular formula is C11H13F3O. The van der Waals surface area contributed by atoms with Crippen molar-refractivity contribution in [3.63, 3.8) is 0 Å². The fourth-order valence-corrected chi connectivity index (χ4v) is 1.42. The van der Waals surface area contributed by atoms with Gasteiger partial charge in [-0.1, -0.05) is 24.3 Å². The summed E-state index contributed by atoms with van der Waals surface area (Å²) in [5.74, 6) is 0. The predicted octanol–water partition coefficient (Wildman–Crippen LogP) is 3.37. The number of alkyl halides is 3. The Kier molecular flexibility index (Phi) is 3.74. The van der Waals surface area contributed by atoms with Crippen LogP contribution < -0.4 is 0 Å². The number of benzene rings is 1. The molecule has 84 valence electrons. The van der Waals surface area contributed by atoms with Crippen molar-refractivity contribution in [3.05, 3.63) is 35.4 Å². The maximum Gasteiger partial charge on any atom is 0.389 e. The van der Waals surface area contributed by atoms with Crippen LogP contribution in [0.3, 0.4) is 0 Å². The molecule has 1 unspecified atom stereocenters. The SMILES string of the molecule is Cc1ccccc1C(O)CCC(F)(F)F. The molecule has 1 N–H and O–H groups in total. The molecule has 0 aliphatic carbocycles. The Morgan fingerprint density at radius 3 is 2.40 bits per heavy atom. The zero-order valence-corrected chi connectivity index (χ0v) is 8.38. The number of hydrogen-bond donors (Lipinski definition) is 1. The Bertz CT molecular complexity index is 320. The zero-order valence-electron chi connectivity index (χ0n) is 8.38. The lowest BCUT2D eigenvalue weighted by Gasteiger charge is -2.14. The van der Waals surface area contributed by atoms with Gasteiger partial charge in [0.25, 0.3) is 0 Å². The highest BCUT2D eigenvalue weighted by molar-refractivity contribution is 5.27. The van der Waals surface area contributed by atoms with Crippen molar-refractivity contribution in [2.24, 2.45) is 0 Å². The molecule has 0 fully saturated rings. The molecule has 0 aromatic heterocycles. The van der Waals surface area contributed by atoms with Crippen LogP contribution in [0.2, 0.25) is 0 Å². The quantitative estimate of drug-likeness (QED) is 0.824. The molecule has 0 saturated carbocycles. The van der Waals surface area contributed by atoms with Crippen LogP contribution in [0.25, 0.3) is 0 Å². The fraction of sp³-hybridized carbons (Fsp3) is 0.455. The number of aliphatic hydroxyl groups is 1. The summed E-state index contributed by atoms with van der Waals surface area (Å²) >= 11 is 0. The monoisotopic (exact) mass is 218 g/mol. The predicted molar refractivity (Wildman–Crippen MR) is 51.4 cm³/mol. The van der Waals surface area contributed by atoms with E-state index in [1.807, 2.05) is 0 Å². The van der Waals surface area contributed by atoms with Gasteiger partial charge in [0.1, 0.15) is 0 Å². The fourth-order valence-electron chi connectivity index (χ4n) is 1.42. The Morgan fingerprint density at radius 1 is 1.27 bits per heavy atom. The number of hydrogen-bond acceptors (Lipinski definition) is 1. The molecule has 1 aromatic carbocycles. The van der Waals surface area contributed by atoms with E-state index in [-0.39, 0.29) is 6.42 Å². The standard InChI is InChI=1S/C11H13F3O/c1-8-4-2-3-5-9(8)10(15)6-7-11(12,13)14/h2-5,10,15H,6-7H2,1H3. The van der Waals surface area contributed by atoms with Crippen LogP contribution >= 0.6 is 0 Å². The van der Waals surface area contributed by atoms with Crippen molar-refractivity contribution in [1.29, 1.82) is 0 Å². The Morgan fingerprint density at radius 2 is 1.87 bits per heavy atom. The van der Waals surface area contributed by atoms with Gasteiger partial charge in [0.2, 0.25) is 0 Å². The molecule has 0 spiro atoms. The first-order valence-corrected chi connectivity index (χ1v) is 4.70. The van der Waals surface area contributed by atoms with Gasteiger partial charge in [-0.3, -0.25) is 0 Å². The van der Waals surface area contributed by atoms with E-state index in [4.69, 9.17) is 0 Å². The van der Waals surface area contributed by atoms with Crippen molar-refractivity contribution in [2.75, 3.05) is 0 Å². The molecule has 1 atom stereocenters. The van der Waals surface area contributed by atoms with Crippen molar-refractivity contribution < 1.29 is 18.3 Å². The molecule has 0 saturated heterocycles. The number of aliphatic hydroxyl groups excluding tert-OH is 1. The summed E-state index contributed by atoms with van der Waals surface area (Å²) in [4.78, 5) is 0. The highest BCUT2D eigenvalue weighted by Gasteiger charge is 2.28. The highest BCUT2D eigenvalue weighted by atomic mass is 19.4. The van der Waals surface area contributed by atoms with Gasteiger partial charge < -0.3 is 5.11 Å². The third-order valence-corrected chi connectivity index (χ3v) is 2.25. The van der Waals surface area contributed by atoms with Crippen LogP contribution in [0, 0.1) is 6.92 Å². The van der Waals surface area contributed by atoms with Gasteiger partial charge in [-0.25, -0.2) is 0 Å².